The van der Waals surface area contributed by atoms with Crippen LogP contribution in [0.2, 0.25) is 0 Å². The molecule has 25 N–H and O–H groups in total. The Kier molecular flexibility index (Phi) is 50.3. The lowest BCUT2D eigenvalue weighted by atomic mass is 10.0. The molecular formula is C85H145N23O20S. The molecule has 1 aromatic heterocycles. The zero-order valence-electron chi connectivity index (χ0n) is 76.4. The standard InChI is InChI=1S/C85H145N23O20S/c1-10-11-12-13-14-15-16-17-18-19-20-21-22-23-24-33-67(113)95-51(6)72(116)97-55(29-25-37-92-85(89)90)75(119)100-58(42-49(2)3)77(121)103-61(47-109)84(128)108-40-28-32-64(108)79(123)105-70(53(8)110)81(125)98-56(36-41-129-9)76(120)104-69(50(4)5)80(124)102-60(43-54-45-91-48-94-54)83(127)107-39-27-31-63(107)78(122)101-59(44-66(87)112)74(118)93-46-68(114)96-52(7)73(117)99-57(34-35-65(86)111)82(126)106-38-26-30-62(106)71(88)115/h45,48-53,55-64,69-70,109-110H,10-44,46-47H2,1-9H3,(H2,86,111)(H2,87,112)(H2,88,115)(H,91,94)(H,93,118)(H,95,113)(H,96,114)(H,97,116)(H,98,125)(H,99,117)(H,100,119)(H,101,122)(H,102,124)(H,103,121)(H,104,120)(H,105,123)(H4,89,90,92)/t51-,52-,53+,55-,56-,57-,58-,59-,60-,61-,62-,63-,64-,69-,70-/m0/s1. The molecule has 0 saturated carbocycles. The normalized spacial score (nSPS) is 17.6. The predicted molar refractivity (Wildman–Crippen MR) is 479 cm³/mol. The number of imidazole rings is 1. The monoisotopic (exact) mass is 1840 g/mol. The molecule has 0 spiro atoms. The van der Waals surface area contributed by atoms with Crippen molar-refractivity contribution >= 4 is 124 Å². The van der Waals surface area contributed by atoms with Gasteiger partial charge in [0.25, 0.3) is 0 Å². The lowest BCUT2D eigenvalue weighted by Gasteiger charge is -2.32. The molecule has 3 aliphatic heterocycles. The largest absolute Gasteiger partial charge is 0.394 e. The van der Waals surface area contributed by atoms with Crippen molar-refractivity contribution in [3.63, 3.8) is 0 Å². The highest BCUT2D eigenvalue weighted by Crippen LogP contribution is 2.25. The molecule has 0 radical (unpaired) electrons. The molecule has 4 rings (SSSR count). The molecule has 3 fully saturated rings. The maximum atomic E-state index is 14.9. The first kappa shape index (κ1) is 111. The molecule has 44 heteroatoms. The van der Waals surface area contributed by atoms with Gasteiger partial charge in [0.1, 0.15) is 84.6 Å². The maximum Gasteiger partial charge on any atom is 0.248 e. The Morgan fingerprint density at radius 2 is 0.946 bits per heavy atom. The van der Waals surface area contributed by atoms with Crippen LogP contribution in [0, 0.1) is 11.8 Å². The molecular weight excluding hydrogens is 1700 g/mol. The van der Waals surface area contributed by atoms with E-state index in [0.29, 0.717) is 18.5 Å². The fourth-order valence-electron chi connectivity index (χ4n) is 15.5. The van der Waals surface area contributed by atoms with Crippen LogP contribution in [0.1, 0.15) is 247 Å². The van der Waals surface area contributed by atoms with Crippen molar-refractivity contribution in [3.8, 4) is 0 Å². The number of primary amides is 3. The molecule has 0 aromatic carbocycles. The van der Waals surface area contributed by atoms with E-state index in [-0.39, 0.29) is 133 Å². The van der Waals surface area contributed by atoms with Gasteiger partial charge in [-0.25, -0.2) is 4.98 Å². The van der Waals surface area contributed by atoms with E-state index in [9.17, 15) is 96.5 Å². The number of aliphatic hydroxyl groups excluding tert-OH is 2. The van der Waals surface area contributed by atoms with Gasteiger partial charge in [0.15, 0.2) is 5.96 Å². The average Bonchev–Trinajstić information content (AvgIpc) is 1.73. The van der Waals surface area contributed by atoms with Crippen molar-refractivity contribution in [2.45, 2.75) is 339 Å². The first-order valence-corrected chi connectivity index (χ1v) is 46.8. The summed E-state index contributed by atoms with van der Waals surface area (Å²) in [4.78, 5) is 261. The first-order valence-electron chi connectivity index (χ1n) is 45.4. The number of hydrogen-bond donors (Lipinski definition) is 20. The van der Waals surface area contributed by atoms with Crippen LogP contribution in [0.25, 0.3) is 0 Å². The van der Waals surface area contributed by atoms with E-state index in [2.05, 4.69) is 85.7 Å². The molecule has 4 heterocycles. The van der Waals surface area contributed by atoms with Crippen LogP contribution in [-0.4, -0.2) is 289 Å². The van der Waals surface area contributed by atoms with Crippen LogP contribution < -0.4 is 92.5 Å². The van der Waals surface area contributed by atoms with Crippen molar-refractivity contribution < 1.29 is 96.5 Å². The molecule has 18 amide bonds. The number of carbonyl (C=O) groups is 18. The Morgan fingerprint density at radius 1 is 0.481 bits per heavy atom. The molecule has 3 saturated heterocycles. The van der Waals surface area contributed by atoms with Crippen LogP contribution in [0.3, 0.4) is 0 Å². The lowest BCUT2D eigenvalue weighted by Crippen LogP contribution is -2.62. The number of nitrogens with one attached hydrogen (secondary N) is 13. The van der Waals surface area contributed by atoms with Gasteiger partial charge in [-0.2, -0.15) is 11.8 Å². The highest BCUT2D eigenvalue weighted by molar-refractivity contribution is 7.98. The zero-order valence-corrected chi connectivity index (χ0v) is 77.2. The van der Waals surface area contributed by atoms with Gasteiger partial charge in [-0.3, -0.25) is 91.3 Å². The van der Waals surface area contributed by atoms with Crippen molar-refractivity contribution in [2.75, 3.05) is 51.3 Å². The van der Waals surface area contributed by atoms with Crippen LogP contribution in [0.5, 0.6) is 0 Å². The van der Waals surface area contributed by atoms with E-state index in [4.69, 9.17) is 28.7 Å². The number of hydrogen-bond acceptors (Lipinski definition) is 23. The van der Waals surface area contributed by atoms with Gasteiger partial charge in [-0.05, 0) is 122 Å². The number of carbonyl (C=O) groups excluding carboxylic acids is 18. The summed E-state index contributed by atoms with van der Waals surface area (Å²) in [5.41, 5.74) is 27.8. The average molecular weight is 1840 g/mol. The number of likely N-dealkylation sites (tertiary alicyclic amines) is 3. The number of thioether (sulfide) groups is 1. The van der Waals surface area contributed by atoms with Crippen LogP contribution in [0.15, 0.2) is 17.5 Å². The van der Waals surface area contributed by atoms with Crippen LogP contribution >= 0.6 is 11.8 Å². The summed E-state index contributed by atoms with van der Waals surface area (Å²) in [6.45, 7) is 11.1. The molecule has 3 aliphatic rings. The van der Waals surface area contributed by atoms with E-state index in [1.54, 1.807) is 34.0 Å². The molecule has 0 aliphatic carbocycles. The maximum absolute atomic E-state index is 14.9. The van der Waals surface area contributed by atoms with Gasteiger partial charge in [-0.15, -0.1) is 0 Å². The Balaban J connectivity index is 1.41. The van der Waals surface area contributed by atoms with E-state index in [1.165, 1.54) is 114 Å². The highest BCUT2D eigenvalue weighted by atomic mass is 32.2. The van der Waals surface area contributed by atoms with Gasteiger partial charge in [0.2, 0.25) is 106 Å². The lowest BCUT2D eigenvalue weighted by molar-refractivity contribution is -0.144. The summed E-state index contributed by atoms with van der Waals surface area (Å²) in [7, 11) is 0. The Labute approximate surface area is 759 Å². The quantitative estimate of drug-likeness (QED) is 0.0178. The van der Waals surface area contributed by atoms with E-state index in [0.717, 1.165) is 35.5 Å². The second-order valence-electron chi connectivity index (χ2n) is 34.4. The fraction of sp³-hybridized carbons (Fsp3) is 0.741. The Hall–Kier alpha value is -10.8. The number of rotatable bonds is 62. The topological polar surface area (TPSA) is 673 Å². The predicted octanol–water partition coefficient (Wildman–Crippen LogP) is -2.82. The number of H-pyrrole nitrogens is 1. The van der Waals surface area contributed by atoms with E-state index < -0.39 is 217 Å². The minimum atomic E-state index is -1.78. The molecule has 43 nitrogen and oxygen atoms in total. The van der Waals surface area contributed by atoms with Gasteiger partial charge < -0.3 is 122 Å². The minimum Gasteiger partial charge on any atom is -0.394 e. The molecule has 15 atom stereocenters. The molecule has 726 valence electrons. The van der Waals surface area contributed by atoms with Gasteiger partial charge in [0.05, 0.1) is 32.0 Å². The van der Waals surface area contributed by atoms with Crippen molar-refractivity contribution in [1.82, 2.24) is 88.5 Å². The number of aliphatic hydroxyl groups is 2. The van der Waals surface area contributed by atoms with Crippen LogP contribution in [0.4, 0.5) is 0 Å². The van der Waals surface area contributed by atoms with Crippen LogP contribution in [-0.2, 0) is 92.7 Å². The second-order valence-corrected chi connectivity index (χ2v) is 35.3. The summed E-state index contributed by atoms with van der Waals surface area (Å²) in [6.07, 6.45) is 20.2. The molecule has 129 heavy (non-hydrogen) atoms. The number of unbranched alkanes of at least 4 members (excludes halogenated alkanes) is 14. The summed E-state index contributed by atoms with van der Waals surface area (Å²) in [5, 5.41) is 52.4. The third-order valence-corrected chi connectivity index (χ3v) is 23.4. The van der Waals surface area contributed by atoms with Crippen molar-refractivity contribution in [1.29, 1.82) is 0 Å². The summed E-state index contributed by atoms with van der Waals surface area (Å²) in [5.74, 6) is -16.4. The molecule has 1 aromatic rings. The smallest absolute Gasteiger partial charge is 0.248 e. The van der Waals surface area contributed by atoms with Crippen molar-refractivity contribution in [2.24, 2.45) is 45.5 Å². The second kappa shape index (κ2) is 58.7. The number of aromatic nitrogens is 2. The first-order chi connectivity index (χ1) is 61.2. The Morgan fingerprint density at radius 3 is 1.45 bits per heavy atom. The fourth-order valence-corrected chi connectivity index (χ4v) is 16.0. The zero-order chi connectivity index (χ0) is 96.0. The number of aliphatic imine (C=N–C) groups is 1. The van der Waals surface area contributed by atoms with E-state index >= 15 is 0 Å². The van der Waals surface area contributed by atoms with Gasteiger partial charge in [0, 0.05) is 57.3 Å². The third-order valence-electron chi connectivity index (χ3n) is 22.7. The van der Waals surface area contributed by atoms with Gasteiger partial charge in [-0.1, -0.05) is 125 Å². The van der Waals surface area contributed by atoms with E-state index in [1.807, 2.05) is 0 Å². The third kappa shape index (κ3) is 39.6. The Bertz CT molecular complexity index is 3890. The van der Waals surface area contributed by atoms with Crippen molar-refractivity contribution in [3.05, 3.63) is 18.2 Å². The number of guanidine groups is 1. The minimum absolute atomic E-state index is 0.00355. The number of aromatic amines is 1. The summed E-state index contributed by atoms with van der Waals surface area (Å²) < 4.78 is 0. The number of amides is 18. The highest BCUT2D eigenvalue weighted by Gasteiger charge is 2.45. The van der Waals surface area contributed by atoms with Gasteiger partial charge >= 0.3 is 0 Å². The number of nitrogens with zero attached hydrogens (tertiary/aromatic N) is 5. The SMILES string of the molecule is CCCCCCCCCCCCCCCCCC(=O)N[C@@H](C)C(=O)N[C@@H](CCCN=C(N)N)C(=O)N[C@@H](CC(C)C)C(=O)N[C@@H](CO)C(=O)N1CCC[C@H]1C(=O)N[C@H](C(=O)N[C@@H](CCSC)C(=O)N[C@H](C(=O)N[C@@H](Cc1cnc[nH]1)C(=O)N1CCC[C@H]1C(=O)N[C@@H](CC(N)=O)C(=O)NCC(=O)N[C@@H](C)C(=O)N[C@@H](CCC(N)=O)C(=O)N1CCC[C@H]1C(N)=O)C(C)C)[C@@H](C)O. The summed E-state index contributed by atoms with van der Waals surface area (Å²) in [6, 6.07) is -19.6. The summed E-state index contributed by atoms with van der Waals surface area (Å²) >= 11 is 1.29. The number of nitrogens with two attached hydrogens (primary N) is 5. The molecule has 0 unspecified atom stereocenters. The molecule has 0 bridgehead atoms.